The van der Waals surface area contributed by atoms with Crippen molar-refractivity contribution in [3.8, 4) is 5.75 Å². The van der Waals surface area contributed by atoms with Crippen LogP contribution in [-0.2, 0) is 6.42 Å². The summed E-state index contributed by atoms with van der Waals surface area (Å²) in [4.78, 5) is 8.91. The number of nitrogens with two attached hydrogens (primary N) is 1. The predicted octanol–water partition coefficient (Wildman–Crippen LogP) is 2.15. The Morgan fingerprint density at radius 3 is 3.00 bits per heavy atom. The minimum Gasteiger partial charge on any atom is -0.492 e. The highest BCUT2D eigenvalue weighted by atomic mass is 16.5. The number of hydrogen-bond donors (Lipinski definition) is 1. The molecule has 18 heavy (non-hydrogen) atoms. The first-order valence-corrected chi connectivity index (χ1v) is 6.13. The maximum absolute atomic E-state index is 5.83. The molecule has 0 radical (unpaired) electrons. The van der Waals surface area contributed by atoms with Crippen LogP contribution in [0, 0.1) is 0 Å². The van der Waals surface area contributed by atoms with Gasteiger partial charge in [-0.2, -0.15) is 0 Å². The molecule has 92 valence electrons. The summed E-state index contributed by atoms with van der Waals surface area (Å²) in [5, 5.41) is 0. The minimum absolute atomic E-state index is 0.0926. The van der Waals surface area contributed by atoms with Crippen LogP contribution in [-0.4, -0.2) is 16.6 Å². The molecular weight excluding hydrogens is 226 g/mol. The number of para-hydroxylation sites is 1. The zero-order valence-electron chi connectivity index (χ0n) is 10.3. The molecule has 0 fully saturated rings. The summed E-state index contributed by atoms with van der Waals surface area (Å²) in [6.07, 6.45) is 0.856. The van der Waals surface area contributed by atoms with Gasteiger partial charge in [0.1, 0.15) is 24.0 Å². The number of nitrogens with zero attached hydrogens (tertiary/aromatic N) is 2. The zero-order chi connectivity index (χ0) is 12.5. The van der Waals surface area contributed by atoms with E-state index < -0.39 is 0 Å². The minimum atomic E-state index is 0.0926. The lowest BCUT2D eigenvalue weighted by atomic mass is 10.0. The molecule has 1 aromatic heterocycles. The Morgan fingerprint density at radius 1 is 1.33 bits per heavy atom. The molecule has 0 aliphatic carbocycles. The molecule has 1 unspecified atom stereocenters. The average Bonchev–Trinajstić information content (AvgIpc) is 2.81. The summed E-state index contributed by atoms with van der Waals surface area (Å²) in [6, 6.07) is 9.84. The number of anilines is 1. The Bertz CT molecular complexity index is 583. The van der Waals surface area contributed by atoms with Gasteiger partial charge in [-0.25, -0.2) is 9.97 Å². The maximum atomic E-state index is 5.83. The van der Waals surface area contributed by atoms with Gasteiger partial charge in [-0.3, -0.25) is 0 Å². The number of benzene rings is 1. The van der Waals surface area contributed by atoms with E-state index in [0.717, 1.165) is 29.3 Å². The number of aromatic nitrogens is 2. The molecule has 2 heterocycles. The van der Waals surface area contributed by atoms with E-state index in [0.29, 0.717) is 12.4 Å². The molecule has 2 aromatic rings. The van der Waals surface area contributed by atoms with E-state index >= 15 is 0 Å². The van der Waals surface area contributed by atoms with Gasteiger partial charge >= 0.3 is 0 Å². The van der Waals surface area contributed by atoms with Crippen molar-refractivity contribution in [1.82, 2.24) is 9.97 Å². The molecule has 0 amide bonds. The highest BCUT2D eigenvalue weighted by molar-refractivity contribution is 5.44. The molecule has 1 aliphatic heterocycles. The SMILES string of the molecule is CCc1cc(N)nc(C2COc3ccccc32)n1. The van der Waals surface area contributed by atoms with Crippen LogP contribution < -0.4 is 10.5 Å². The van der Waals surface area contributed by atoms with E-state index in [2.05, 4.69) is 23.0 Å². The topological polar surface area (TPSA) is 61.0 Å². The highest BCUT2D eigenvalue weighted by Gasteiger charge is 2.27. The second-order valence-corrected chi connectivity index (χ2v) is 4.40. The van der Waals surface area contributed by atoms with Gasteiger partial charge < -0.3 is 10.5 Å². The van der Waals surface area contributed by atoms with Crippen molar-refractivity contribution in [3.63, 3.8) is 0 Å². The fourth-order valence-electron chi connectivity index (χ4n) is 2.25. The lowest BCUT2D eigenvalue weighted by Crippen LogP contribution is -2.10. The van der Waals surface area contributed by atoms with Crippen LogP contribution in [0.3, 0.4) is 0 Å². The van der Waals surface area contributed by atoms with Gasteiger partial charge in [0.25, 0.3) is 0 Å². The van der Waals surface area contributed by atoms with E-state index in [-0.39, 0.29) is 5.92 Å². The third-order valence-corrected chi connectivity index (χ3v) is 3.19. The van der Waals surface area contributed by atoms with Gasteiger partial charge in [-0.05, 0) is 12.5 Å². The molecule has 0 spiro atoms. The maximum Gasteiger partial charge on any atom is 0.142 e. The monoisotopic (exact) mass is 241 g/mol. The fourth-order valence-corrected chi connectivity index (χ4v) is 2.25. The Labute approximate surface area is 106 Å². The molecule has 1 aliphatic rings. The first kappa shape index (κ1) is 11.0. The van der Waals surface area contributed by atoms with E-state index in [4.69, 9.17) is 10.5 Å². The van der Waals surface area contributed by atoms with Gasteiger partial charge in [0.15, 0.2) is 0 Å². The van der Waals surface area contributed by atoms with Crippen molar-refractivity contribution < 1.29 is 4.74 Å². The standard InChI is InChI=1S/C14H15N3O/c1-2-9-7-13(15)17-14(16-9)11-8-18-12-6-4-3-5-10(11)12/h3-7,11H,2,8H2,1H3,(H2,15,16,17). The van der Waals surface area contributed by atoms with Crippen molar-refractivity contribution in [2.75, 3.05) is 12.3 Å². The second kappa shape index (κ2) is 4.29. The van der Waals surface area contributed by atoms with E-state index in [1.807, 2.05) is 24.3 Å². The highest BCUT2D eigenvalue weighted by Crippen LogP contribution is 2.36. The van der Waals surface area contributed by atoms with Crippen LogP contribution >= 0.6 is 0 Å². The summed E-state index contributed by atoms with van der Waals surface area (Å²) < 4.78 is 5.66. The summed E-state index contributed by atoms with van der Waals surface area (Å²) in [6.45, 7) is 2.65. The van der Waals surface area contributed by atoms with Crippen molar-refractivity contribution >= 4 is 5.82 Å². The Balaban J connectivity index is 2.04. The Hall–Kier alpha value is -2.10. The molecule has 3 rings (SSSR count). The van der Waals surface area contributed by atoms with E-state index in [1.54, 1.807) is 0 Å². The molecule has 1 atom stereocenters. The number of rotatable bonds is 2. The first-order chi connectivity index (χ1) is 8.78. The molecule has 0 bridgehead atoms. The third-order valence-electron chi connectivity index (χ3n) is 3.19. The van der Waals surface area contributed by atoms with Gasteiger partial charge in [-0.15, -0.1) is 0 Å². The molecule has 4 nitrogen and oxygen atoms in total. The molecule has 4 heteroatoms. The first-order valence-electron chi connectivity index (χ1n) is 6.13. The molecular formula is C14H15N3O. The summed E-state index contributed by atoms with van der Waals surface area (Å²) in [7, 11) is 0. The van der Waals surface area contributed by atoms with Crippen LogP contribution in [0.25, 0.3) is 0 Å². The van der Waals surface area contributed by atoms with Crippen molar-refractivity contribution in [1.29, 1.82) is 0 Å². The Kier molecular flexibility index (Phi) is 2.63. The number of ether oxygens (including phenoxy) is 1. The average molecular weight is 241 g/mol. The van der Waals surface area contributed by atoms with Crippen LogP contribution in [0.1, 0.15) is 29.9 Å². The van der Waals surface area contributed by atoms with Gasteiger partial charge in [0.2, 0.25) is 0 Å². The summed E-state index contributed by atoms with van der Waals surface area (Å²) >= 11 is 0. The number of nitrogen functional groups attached to an aromatic ring is 1. The number of fused-ring (bicyclic) bond motifs is 1. The summed E-state index contributed by atoms with van der Waals surface area (Å²) in [5.74, 6) is 2.31. The van der Waals surface area contributed by atoms with Gasteiger partial charge in [-0.1, -0.05) is 25.1 Å². The molecule has 2 N–H and O–H groups in total. The normalized spacial score (nSPS) is 17.3. The third kappa shape index (κ3) is 1.79. The van der Waals surface area contributed by atoms with Gasteiger partial charge in [0, 0.05) is 17.3 Å². The van der Waals surface area contributed by atoms with Crippen molar-refractivity contribution in [2.24, 2.45) is 0 Å². The van der Waals surface area contributed by atoms with Gasteiger partial charge in [0.05, 0.1) is 5.92 Å². The van der Waals surface area contributed by atoms with Crippen LogP contribution in [0.2, 0.25) is 0 Å². The Morgan fingerprint density at radius 2 is 2.17 bits per heavy atom. The zero-order valence-corrected chi connectivity index (χ0v) is 10.3. The largest absolute Gasteiger partial charge is 0.492 e. The number of aryl methyl sites for hydroxylation is 1. The quantitative estimate of drug-likeness (QED) is 0.875. The van der Waals surface area contributed by atoms with Crippen molar-refractivity contribution in [3.05, 3.63) is 47.4 Å². The second-order valence-electron chi connectivity index (χ2n) is 4.40. The molecule has 1 aromatic carbocycles. The molecule has 0 saturated carbocycles. The number of hydrogen-bond acceptors (Lipinski definition) is 4. The molecule has 0 saturated heterocycles. The van der Waals surface area contributed by atoms with Crippen LogP contribution in [0.5, 0.6) is 5.75 Å². The van der Waals surface area contributed by atoms with Crippen molar-refractivity contribution in [2.45, 2.75) is 19.3 Å². The van der Waals surface area contributed by atoms with Crippen LogP contribution in [0.15, 0.2) is 30.3 Å². The van der Waals surface area contributed by atoms with E-state index in [9.17, 15) is 0 Å². The fraction of sp³-hybridized carbons (Fsp3) is 0.286. The van der Waals surface area contributed by atoms with Crippen LogP contribution in [0.4, 0.5) is 5.82 Å². The lowest BCUT2D eigenvalue weighted by Gasteiger charge is -2.09. The predicted molar refractivity (Wildman–Crippen MR) is 69.6 cm³/mol. The summed E-state index contributed by atoms with van der Waals surface area (Å²) in [5.41, 5.74) is 7.95. The smallest absolute Gasteiger partial charge is 0.142 e. The van der Waals surface area contributed by atoms with E-state index in [1.165, 1.54) is 0 Å². The lowest BCUT2D eigenvalue weighted by molar-refractivity contribution is 0.339.